The summed E-state index contributed by atoms with van der Waals surface area (Å²) in [7, 11) is 0. The molecule has 1 N–H and O–H groups in total. The molecule has 98 valence electrons. The van der Waals surface area contributed by atoms with E-state index in [1.54, 1.807) is 6.92 Å². The van der Waals surface area contributed by atoms with Gasteiger partial charge in [0, 0.05) is 19.0 Å². The van der Waals surface area contributed by atoms with E-state index in [1.165, 1.54) is 6.92 Å². The van der Waals surface area contributed by atoms with E-state index in [1.807, 2.05) is 36.4 Å². The molecule has 0 heterocycles. The second-order valence-corrected chi connectivity index (χ2v) is 4.61. The quantitative estimate of drug-likeness (QED) is 0.854. The molecule has 0 aliphatic carbocycles. The molecular weight excluding hydrogens is 238 g/mol. The van der Waals surface area contributed by atoms with Crippen molar-refractivity contribution in [2.24, 2.45) is 0 Å². The van der Waals surface area contributed by atoms with Gasteiger partial charge in [0.2, 0.25) is 5.91 Å². The Kier molecular flexibility index (Phi) is 3.95. The van der Waals surface area contributed by atoms with Gasteiger partial charge >= 0.3 is 0 Å². The van der Waals surface area contributed by atoms with E-state index in [-0.39, 0.29) is 11.7 Å². The summed E-state index contributed by atoms with van der Waals surface area (Å²) in [5.41, 5.74) is 1.90. The van der Waals surface area contributed by atoms with Gasteiger partial charge in [-0.15, -0.1) is 0 Å². The number of benzene rings is 2. The second kappa shape index (κ2) is 5.65. The molecule has 0 radical (unpaired) electrons. The highest BCUT2D eigenvalue weighted by molar-refractivity contribution is 6.07. The number of hydrogen-bond acceptors (Lipinski definition) is 2. The van der Waals surface area contributed by atoms with E-state index in [4.69, 9.17) is 0 Å². The summed E-state index contributed by atoms with van der Waals surface area (Å²) in [5, 5.41) is 4.86. The van der Waals surface area contributed by atoms with Gasteiger partial charge in [-0.3, -0.25) is 9.59 Å². The number of rotatable bonds is 4. The normalized spacial score (nSPS) is 10.4. The highest BCUT2D eigenvalue weighted by Crippen LogP contribution is 2.23. The van der Waals surface area contributed by atoms with Crippen LogP contribution >= 0.6 is 0 Å². The van der Waals surface area contributed by atoms with Crippen molar-refractivity contribution in [1.29, 1.82) is 0 Å². The van der Waals surface area contributed by atoms with Crippen LogP contribution in [-0.2, 0) is 11.2 Å². The Bertz CT molecular complexity index is 632. The average Bonchev–Trinajstić information content (AvgIpc) is 2.38. The Hall–Kier alpha value is -2.16. The van der Waals surface area contributed by atoms with Gasteiger partial charge in [0.05, 0.1) is 0 Å². The molecule has 3 heteroatoms. The van der Waals surface area contributed by atoms with Crippen LogP contribution in [0.25, 0.3) is 10.8 Å². The summed E-state index contributed by atoms with van der Waals surface area (Å²) in [4.78, 5) is 22.5. The number of carbonyl (C=O) groups is 2. The van der Waals surface area contributed by atoms with Crippen molar-refractivity contribution in [3.8, 4) is 0 Å². The molecule has 0 aliphatic rings. The van der Waals surface area contributed by atoms with Gasteiger partial charge in [0.15, 0.2) is 5.78 Å². The number of Topliss-reactive ketones (excluding diaryl/α,β-unsaturated/α-hetero) is 1. The predicted octanol–water partition coefficient (Wildman–Crippen LogP) is 2.72. The minimum atomic E-state index is -0.0235. The first-order valence-corrected chi connectivity index (χ1v) is 6.35. The van der Waals surface area contributed by atoms with Gasteiger partial charge in [-0.1, -0.05) is 36.4 Å². The lowest BCUT2D eigenvalue weighted by Crippen LogP contribution is -2.22. The fourth-order valence-corrected chi connectivity index (χ4v) is 2.26. The maximum Gasteiger partial charge on any atom is 0.216 e. The second-order valence-electron chi connectivity index (χ2n) is 4.61. The molecular formula is C16H17NO2. The summed E-state index contributed by atoms with van der Waals surface area (Å²) in [6, 6.07) is 11.7. The molecule has 0 spiro atoms. The molecule has 0 saturated carbocycles. The molecule has 1 amide bonds. The predicted molar refractivity (Wildman–Crippen MR) is 76.3 cm³/mol. The molecule has 3 nitrogen and oxygen atoms in total. The number of amides is 1. The van der Waals surface area contributed by atoms with E-state index in [0.717, 1.165) is 28.3 Å². The summed E-state index contributed by atoms with van der Waals surface area (Å²) in [6.07, 6.45) is 0.762. The van der Waals surface area contributed by atoms with Gasteiger partial charge in [0.1, 0.15) is 0 Å². The van der Waals surface area contributed by atoms with Crippen molar-refractivity contribution < 1.29 is 9.59 Å². The highest BCUT2D eigenvalue weighted by atomic mass is 16.1. The number of hydrogen-bond donors (Lipinski definition) is 1. The zero-order valence-electron chi connectivity index (χ0n) is 11.2. The first kappa shape index (κ1) is 13.3. The molecule has 0 saturated heterocycles. The van der Waals surface area contributed by atoms with E-state index in [0.29, 0.717) is 6.54 Å². The van der Waals surface area contributed by atoms with Crippen LogP contribution in [0.3, 0.4) is 0 Å². The smallest absolute Gasteiger partial charge is 0.216 e. The van der Waals surface area contributed by atoms with Crippen molar-refractivity contribution >= 4 is 22.5 Å². The summed E-state index contributed by atoms with van der Waals surface area (Å²) in [5.74, 6) is 0.0503. The van der Waals surface area contributed by atoms with Gasteiger partial charge in [0.25, 0.3) is 0 Å². The van der Waals surface area contributed by atoms with E-state index in [2.05, 4.69) is 5.32 Å². The molecule has 0 aromatic heterocycles. The van der Waals surface area contributed by atoms with Crippen molar-refractivity contribution in [2.45, 2.75) is 20.3 Å². The van der Waals surface area contributed by atoms with Gasteiger partial charge in [-0.2, -0.15) is 0 Å². The van der Waals surface area contributed by atoms with Crippen LogP contribution < -0.4 is 5.32 Å². The maximum absolute atomic E-state index is 11.6. The molecule has 0 bridgehead atoms. The SMILES string of the molecule is CC(=O)NCCc1ccc(C(C)=O)c2ccccc12. The lowest BCUT2D eigenvalue weighted by molar-refractivity contribution is -0.118. The molecule has 0 unspecified atom stereocenters. The summed E-state index contributed by atoms with van der Waals surface area (Å²) in [6.45, 7) is 3.70. The van der Waals surface area contributed by atoms with E-state index in [9.17, 15) is 9.59 Å². The Labute approximate surface area is 112 Å². The van der Waals surface area contributed by atoms with Gasteiger partial charge in [-0.25, -0.2) is 0 Å². The summed E-state index contributed by atoms with van der Waals surface area (Å²) < 4.78 is 0. The standard InChI is InChI=1S/C16H17NO2/c1-11(18)14-8-7-13(9-10-17-12(2)19)15-5-3-4-6-16(14)15/h3-8H,9-10H2,1-2H3,(H,17,19). The third kappa shape index (κ3) is 2.99. The lowest BCUT2D eigenvalue weighted by Gasteiger charge is -2.10. The minimum absolute atomic E-state index is 0.0235. The monoisotopic (exact) mass is 255 g/mol. The Morgan fingerprint density at radius 1 is 1.00 bits per heavy atom. The molecule has 2 aromatic carbocycles. The number of ketones is 1. The minimum Gasteiger partial charge on any atom is -0.356 e. The number of nitrogens with one attached hydrogen (secondary N) is 1. The van der Waals surface area contributed by atoms with E-state index >= 15 is 0 Å². The van der Waals surface area contributed by atoms with Gasteiger partial charge < -0.3 is 5.32 Å². The Morgan fingerprint density at radius 2 is 1.68 bits per heavy atom. The molecule has 2 aromatic rings. The lowest BCUT2D eigenvalue weighted by atomic mass is 9.96. The van der Waals surface area contributed by atoms with E-state index < -0.39 is 0 Å². The third-order valence-corrected chi connectivity index (χ3v) is 3.16. The first-order chi connectivity index (χ1) is 9.09. The molecule has 0 fully saturated rings. The number of fused-ring (bicyclic) bond motifs is 1. The largest absolute Gasteiger partial charge is 0.356 e. The molecule has 0 atom stereocenters. The number of carbonyl (C=O) groups excluding carboxylic acids is 2. The van der Waals surface area contributed by atoms with Gasteiger partial charge in [-0.05, 0) is 29.7 Å². The van der Waals surface area contributed by atoms with Crippen LogP contribution in [0.1, 0.15) is 29.8 Å². The molecule has 2 rings (SSSR count). The van der Waals surface area contributed by atoms with Crippen molar-refractivity contribution in [3.63, 3.8) is 0 Å². The van der Waals surface area contributed by atoms with Crippen LogP contribution in [0.15, 0.2) is 36.4 Å². The Balaban J connectivity index is 2.38. The third-order valence-electron chi connectivity index (χ3n) is 3.16. The van der Waals surface area contributed by atoms with Crippen molar-refractivity contribution in [1.82, 2.24) is 5.32 Å². The maximum atomic E-state index is 11.6. The van der Waals surface area contributed by atoms with Crippen molar-refractivity contribution in [2.75, 3.05) is 6.54 Å². The molecule has 0 aliphatic heterocycles. The van der Waals surface area contributed by atoms with Crippen LogP contribution in [0.4, 0.5) is 0 Å². The zero-order chi connectivity index (χ0) is 13.8. The van der Waals surface area contributed by atoms with Crippen LogP contribution in [0.2, 0.25) is 0 Å². The molecule has 19 heavy (non-hydrogen) atoms. The first-order valence-electron chi connectivity index (χ1n) is 6.35. The van der Waals surface area contributed by atoms with Crippen molar-refractivity contribution in [3.05, 3.63) is 47.5 Å². The Morgan fingerprint density at radius 3 is 2.32 bits per heavy atom. The summed E-state index contributed by atoms with van der Waals surface area (Å²) >= 11 is 0. The topological polar surface area (TPSA) is 46.2 Å². The zero-order valence-corrected chi connectivity index (χ0v) is 11.2. The average molecular weight is 255 g/mol. The fourth-order valence-electron chi connectivity index (χ4n) is 2.26. The highest BCUT2D eigenvalue weighted by Gasteiger charge is 2.08. The van der Waals surface area contributed by atoms with Crippen LogP contribution in [0, 0.1) is 0 Å². The van der Waals surface area contributed by atoms with Crippen LogP contribution in [-0.4, -0.2) is 18.2 Å². The fraction of sp³-hybridized carbons (Fsp3) is 0.250. The van der Waals surface area contributed by atoms with Crippen LogP contribution in [0.5, 0.6) is 0 Å².